The topological polar surface area (TPSA) is 106 Å². The zero-order valence-electron chi connectivity index (χ0n) is 11.8. The first-order valence-corrected chi connectivity index (χ1v) is 12.7. The Morgan fingerprint density at radius 3 is 2.38 bits per heavy atom. The first kappa shape index (κ1) is 18.5. The zero-order valence-corrected chi connectivity index (χ0v) is 15.6. The van der Waals surface area contributed by atoms with E-state index < -0.39 is 37.7 Å². The van der Waals surface area contributed by atoms with Gasteiger partial charge in [0.25, 0.3) is 0 Å². The molecule has 0 heterocycles. The normalized spacial score (nSPS) is 14.9. The summed E-state index contributed by atoms with van der Waals surface area (Å²) in [4.78, 5) is 3.05. The van der Waals surface area contributed by atoms with Crippen molar-refractivity contribution in [3.63, 3.8) is 0 Å². The standard InChI is InChI=1S/C11H16IN2O5PS/c1-4-18-20(2,15)11(14-13)12(19-21(3,16)17)10-8-6-5-7-9-10/h5-9H,4H2,1-3H3. The average Bonchev–Trinajstić information content (AvgIpc) is 2.37. The van der Waals surface area contributed by atoms with Gasteiger partial charge in [-0.1, -0.05) is 0 Å². The molecule has 7 nitrogen and oxygen atoms in total. The minimum absolute atomic E-state index is 0.143. The molecule has 0 saturated carbocycles. The van der Waals surface area contributed by atoms with Gasteiger partial charge in [0.05, 0.1) is 0 Å². The second-order valence-corrected chi connectivity index (χ2v) is 13.5. The summed E-state index contributed by atoms with van der Waals surface area (Å²) in [6.45, 7) is 3.07. The van der Waals surface area contributed by atoms with Gasteiger partial charge in [-0.25, -0.2) is 0 Å². The molecule has 0 saturated heterocycles. The van der Waals surface area contributed by atoms with Crippen LogP contribution in [0.3, 0.4) is 0 Å². The molecule has 0 aromatic heterocycles. The van der Waals surface area contributed by atoms with Gasteiger partial charge in [0.1, 0.15) is 0 Å². The second-order valence-electron chi connectivity index (χ2n) is 3.94. The molecule has 0 spiro atoms. The van der Waals surface area contributed by atoms with E-state index in [2.05, 4.69) is 4.79 Å². The van der Waals surface area contributed by atoms with Crippen molar-refractivity contribution >= 4 is 41.2 Å². The molecule has 0 fully saturated rings. The monoisotopic (exact) mass is 446 g/mol. The maximum atomic E-state index is 12.5. The number of hydrogen-bond donors (Lipinski definition) is 0. The van der Waals surface area contributed by atoms with Crippen LogP contribution in [0.2, 0.25) is 0 Å². The number of hydrogen-bond acceptors (Lipinski definition) is 5. The van der Waals surface area contributed by atoms with E-state index in [-0.39, 0.29) is 10.1 Å². The van der Waals surface area contributed by atoms with Crippen molar-refractivity contribution in [1.82, 2.24) is 0 Å². The van der Waals surface area contributed by atoms with Crippen LogP contribution in [-0.4, -0.2) is 36.2 Å². The van der Waals surface area contributed by atoms with E-state index >= 15 is 0 Å². The summed E-state index contributed by atoms with van der Waals surface area (Å²) in [5, 5.41) is 0. The molecule has 0 radical (unpaired) electrons. The van der Waals surface area contributed by atoms with Gasteiger partial charge >= 0.3 is 132 Å². The molecule has 0 aliphatic rings. The summed E-state index contributed by atoms with van der Waals surface area (Å²) < 4.78 is 46.0. The van der Waals surface area contributed by atoms with E-state index in [1.54, 1.807) is 37.3 Å². The molecule has 0 N–H and O–H groups in total. The number of nitrogens with zero attached hydrogens (tertiary/aromatic N) is 2. The van der Waals surface area contributed by atoms with E-state index in [1.807, 2.05) is 0 Å². The fourth-order valence-electron chi connectivity index (χ4n) is 1.36. The molecule has 0 bridgehead atoms. The first-order chi connectivity index (χ1) is 9.71. The maximum absolute atomic E-state index is 12.5. The molecule has 1 atom stereocenters. The molecule has 0 amide bonds. The summed E-state index contributed by atoms with van der Waals surface area (Å²) in [6.07, 6.45) is 0.899. The zero-order chi connectivity index (χ0) is 16.1. The molecule has 118 valence electrons. The predicted molar refractivity (Wildman–Crippen MR) is 88.9 cm³/mol. The molecule has 21 heavy (non-hydrogen) atoms. The Morgan fingerprint density at radius 2 is 1.95 bits per heavy atom. The first-order valence-electron chi connectivity index (χ1n) is 5.81. The molecule has 1 aromatic rings. The van der Waals surface area contributed by atoms with Crippen LogP contribution in [0.25, 0.3) is 5.53 Å². The van der Waals surface area contributed by atoms with E-state index in [0.717, 1.165) is 6.26 Å². The summed E-state index contributed by atoms with van der Waals surface area (Å²) in [6, 6.07) is 8.44. The second kappa shape index (κ2) is 7.62. The van der Waals surface area contributed by atoms with Crippen LogP contribution in [-0.2, 0) is 21.7 Å². The van der Waals surface area contributed by atoms with Crippen molar-refractivity contribution in [3.05, 3.63) is 39.4 Å². The molecule has 0 aliphatic heterocycles. The minimum atomic E-state index is -3.80. The summed E-state index contributed by atoms with van der Waals surface area (Å²) >= 11 is -3.18. The van der Waals surface area contributed by atoms with Gasteiger partial charge in [0.15, 0.2) is 0 Å². The fraction of sp³-hybridized carbons (Fsp3) is 0.364. The van der Waals surface area contributed by atoms with E-state index in [1.165, 1.54) is 6.66 Å². The van der Waals surface area contributed by atoms with Crippen LogP contribution in [0, 0.1) is 3.57 Å². The van der Waals surface area contributed by atoms with Crippen molar-refractivity contribution in [3.8, 4) is 0 Å². The molecule has 0 aliphatic carbocycles. The quantitative estimate of drug-likeness (QED) is 0.211. The Bertz CT molecular complexity index is 688. The van der Waals surface area contributed by atoms with Gasteiger partial charge < -0.3 is 0 Å². The van der Waals surface area contributed by atoms with Gasteiger partial charge in [0, 0.05) is 0 Å². The van der Waals surface area contributed by atoms with Gasteiger partial charge in [0.2, 0.25) is 0 Å². The van der Waals surface area contributed by atoms with Crippen LogP contribution in [0.5, 0.6) is 0 Å². The van der Waals surface area contributed by atoms with Crippen molar-refractivity contribution in [2.24, 2.45) is 0 Å². The number of rotatable bonds is 7. The van der Waals surface area contributed by atoms with Crippen molar-refractivity contribution in [2.75, 3.05) is 19.5 Å². The number of benzene rings is 1. The van der Waals surface area contributed by atoms with Crippen molar-refractivity contribution in [1.29, 1.82) is 0 Å². The van der Waals surface area contributed by atoms with Crippen molar-refractivity contribution < 1.29 is 24.8 Å². The average molecular weight is 446 g/mol. The number of halogens is 1. The summed E-state index contributed by atoms with van der Waals surface area (Å²) in [5.74, 6) is 0. The van der Waals surface area contributed by atoms with Crippen molar-refractivity contribution in [2.45, 2.75) is 6.92 Å². The molecule has 10 heteroatoms. The van der Waals surface area contributed by atoms with Gasteiger partial charge in [-0.2, -0.15) is 0 Å². The Hall–Kier alpha value is -0.570. The summed E-state index contributed by atoms with van der Waals surface area (Å²) in [7, 11) is -7.23. The Kier molecular flexibility index (Phi) is 6.71. The molecular formula is C11H16IN2O5PS. The van der Waals surface area contributed by atoms with Gasteiger partial charge in [-0.3, -0.25) is 0 Å². The third-order valence-corrected chi connectivity index (χ3v) is 13.6. The third kappa shape index (κ3) is 5.61. The van der Waals surface area contributed by atoms with Crippen LogP contribution >= 0.6 is 27.6 Å². The fourth-order valence-corrected chi connectivity index (χ4v) is 11.7. The van der Waals surface area contributed by atoms with E-state index in [9.17, 15) is 18.5 Å². The molecule has 1 aromatic carbocycles. The Labute approximate surface area is 131 Å². The van der Waals surface area contributed by atoms with E-state index in [0.29, 0.717) is 3.57 Å². The van der Waals surface area contributed by atoms with E-state index in [4.69, 9.17) is 7.04 Å². The SMILES string of the molecule is CCOP(C)(=O)C(=[N+]=[N-])I(OS(C)(=O)=O)c1ccccc1. The Balaban J connectivity index is 3.36. The van der Waals surface area contributed by atoms with Gasteiger partial charge in [-0.05, 0) is 0 Å². The third-order valence-electron chi connectivity index (χ3n) is 2.06. The predicted octanol–water partition coefficient (Wildman–Crippen LogP) is 2.78. The molecule has 1 unspecified atom stereocenters. The molecule has 1 rings (SSSR count). The summed E-state index contributed by atoms with van der Waals surface area (Å²) in [5.41, 5.74) is 9.22. The van der Waals surface area contributed by atoms with Crippen LogP contribution < -0.4 is 0 Å². The molecular weight excluding hydrogens is 430 g/mol. The Morgan fingerprint density at radius 1 is 1.38 bits per heavy atom. The van der Waals surface area contributed by atoms with Crippen LogP contribution in [0.4, 0.5) is 0 Å². The van der Waals surface area contributed by atoms with Gasteiger partial charge in [-0.15, -0.1) is 0 Å². The van der Waals surface area contributed by atoms with Crippen LogP contribution in [0.15, 0.2) is 30.3 Å². The van der Waals surface area contributed by atoms with Crippen LogP contribution in [0.1, 0.15) is 6.92 Å².